The Morgan fingerprint density at radius 2 is 1.71 bits per heavy atom. The van der Waals surface area contributed by atoms with E-state index in [1.807, 2.05) is 0 Å². The zero-order valence-corrected chi connectivity index (χ0v) is 19.2. The summed E-state index contributed by atoms with van der Waals surface area (Å²) in [5.41, 5.74) is 1.75. The second-order valence-electron chi connectivity index (χ2n) is 8.07. The number of rotatable bonds is 7. The van der Waals surface area contributed by atoms with Crippen molar-refractivity contribution in [3.63, 3.8) is 0 Å². The first-order chi connectivity index (χ1) is 14.7. The van der Waals surface area contributed by atoms with Gasteiger partial charge >= 0.3 is 5.97 Å². The Labute approximate surface area is 195 Å². The van der Waals surface area contributed by atoms with Gasteiger partial charge in [0.1, 0.15) is 0 Å². The molecule has 5 heteroatoms. The van der Waals surface area contributed by atoms with Gasteiger partial charge in [-0.05, 0) is 73.4 Å². The van der Waals surface area contributed by atoms with Crippen LogP contribution in [0.15, 0.2) is 66.7 Å². The van der Waals surface area contributed by atoms with Crippen LogP contribution in [0.2, 0.25) is 5.02 Å². The molecule has 1 unspecified atom stereocenters. The number of carbonyl (C=O) groups is 1. The maximum absolute atomic E-state index is 12.6. The Balaban J connectivity index is 0.00000272. The number of esters is 1. The summed E-state index contributed by atoms with van der Waals surface area (Å²) in [5, 5.41) is 3.00. The average molecular weight is 458 g/mol. The molecule has 1 aliphatic rings. The van der Waals surface area contributed by atoms with Crippen LogP contribution in [0.5, 0.6) is 0 Å². The fraction of sp³-hybridized carbons (Fsp3) is 0.346. The predicted octanol–water partition coefficient (Wildman–Crippen LogP) is 6.73. The highest BCUT2D eigenvalue weighted by Crippen LogP contribution is 2.29. The van der Waals surface area contributed by atoms with E-state index in [1.54, 1.807) is 24.3 Å². The van der Waals surface area contributed by atoms with Gasteiger partial charge < -0.3 is 9.64 Å². The number of nitrogens with zero attached hydrogens (tertiary/aromatic N) is 1. The molecule has 0 aromatic heterocycles. The molecule has 3 nitrogen and oxygen atoms in total. The minimum atomic E-state index is -0.319. The smallest absolute Gasteiger partial charge is 0.338 e. The van der Waals surface area contributed by atoms with Gasteiger partial charge in [-0.15, -0.1) is 12.4 Å². The lowest BCUT2D eigenvalue weighted by atomic mass is 9.91. The van der Waals surface area contributed by atoms with Crippen LogP contribution in [0.25, 0.3) is 10.8 Å². The number of ether oxygens (including phenoxy) is 1. The molecule has 1 atom stereocenters. The van der Waals surface area contributed by atoms with Crippen molar-refractivity contribution in [1.82, 2.24) is 4.90 Å². The summed E-state index contributed by atoms with van der Waals surface area (Å²) in [6.45, 7) is 3.74. The number of fused-ring (bicyclic) bond motifs is 1. The highest BCUT2D eigenvalue weighted by molar-refractivity contribution is 6.30. The van der Waals surface area contributed by atoms with E-state index in [-0.39, 0.29) is 24.3 Å². The minimum Gasteiger partial charge on any atom is -0.461 e. The molecule has 0 bridgehead atoms. The molecular formula is C26H29Cl2NO2. The van der Waals surface area contributed by atoms with Crippen molar-refractivity contribution in [3.8, 4) is 0 Å². The normalized spacial score (nSPS) is 15.3. The molecule has 0 amide bonds. The molecule has 3 aromatic carbocycles. The number of hydrogen-bond donors (Lipinski definition) is 0. The quantitative estimate of drug-likeness (QED) is 0.368. The lowest BCUT2D eigenvalue weighted by molar-refractivity contribution is 0.0470. The van der Waals surface area contributed by atoms with E-state index >= 15 is 0 Å². The third-order valence-corrected chi connectivity index (χ3v) is 6.22. The second-order valence-corrected chi connectivity index (χ2v) is 8.50. The van der Waals surface area contributed by atoms with E-state index in [4.69, 9.17) is 16.3 Å². The maximum Gasteiger partial charge on any atom is 0.338 e. The van der Waals surface area contributed by atoms with Crippen molar-refractivity contribution in [2.45, 2.75) is 31.6 Å². The number of hydrogen-bond acceptors (Lipinski definition) is 3. The van der Waals surface area contributed by atoms with Gasteiger partial charge in [0, 0.05) is 10.9 Å². The summed E-state index contributed by atoms with van der Waals surface area (Å²) in [7, 11) is 0. The Morgan fingerprint density at radius 1 is 0.968 bits per heavy atom. The third-order valence-electron chi connectivity index (χ3n) is 5.98. The molecule has 164 valence electrons. The van der Waals surface area contributed by atoms with Gasteiger partial charge in [0.15, 0.2) is 0 Å². The van der Waals surface area contributed by atoms with Crippen LogP contribution >= 0.6 is 24.0 Å². The van der Waals surface area contributed by atoms with Crippen LogP contribution in [-0.4, -0.2) is 37.1 Å². The molecule has 0 N–H and O–H groups in total. The molecule has 0 spiro atoms. The van der Waals surface area contributed by atoms with Gasteiger partial charge in [0.25, 0.3) is 0 Å². The highest BCUT2D eigenvalue weighted by Gasteiger charge is 2.20. The van der Waals surface area contributed by atoms with Crippen LogP contribution in [0.1, 0.15) is 47.5 Å². The van der Waals surface area contributed by atoms with E-state index in [9.17, 15) is 4.79 Å². The molecule has 3 aromatic rings. The third kappa shape index (κ3) is 6.22. The van der Waals surface area contributed by atoms with Gasteiger partial charge in [0.05, 0.1) is 12.2 Å². The van der Waals surface area contributed by atoms with Crippen molar-refractivity contribution < 1.29 is 9.53 Å². The van der Waals surface area contributed by atoms with E-state index in [2.05, 4.69) is 47.4 Å². The molecule has 31 heavy (non-hydrogen) atoms. The first-order valence-electron chi connectivity index (χ1n) is 10.8. The lowest BCUT2D eigenvalue weighted by Crippen LogP contribution is -2.32. The molecule has 1 fully saturated rings. The van der Waals surface area contributed by atoms with E-state index in [1.165, 1.54) is 48.7 Å². The summed E-state index contributed by atoms with van der Waals surface area (Å²) < 4.78 is 5.77. The predicted molar refractivity (Wildman–Crippen MR) is 131 cm³/mol. The standard InChI is InChI=1S/C26H28ClNO2.ClH/c27-23-11-6-10-21(18-23)26(29)30-19-22(14-17-28-15-4-1-5-16-28)25-13-7-9-20-8-2-3-12-24(20)25;/h2-3,6-13,18,22H,1,4-5,14-17,19H2;1H. The van der Waals surface area contributed by atoms with Crippen LogP contribution in [0, 0.1) is 0 Å². The van der Waals surface area contributed by atoms with E-state index in [0.29, 0.717) is 17.2 Å². The number of halogens is 2. The van der Waals surface area contributed by atoms with Crippen molar-refractivity contribution in [2.75, 3.05) is 26.2 Å². The fourth-order valence-electron chi connectivity index (χ4n) is 4.33. The van der Waals surface area contributed by atoms with E-state index in [0.717, 1.165) is 13.0 Å². The first kappa shape index (κ1) is 23.6. The molecule has 4 rings (SSSR count). The van der Waals surface area contributed by atoms with Crippen molar-refractivity contribution in [1.29, 1.82) is 0 Å². The Morgan fingerprint density at radius 3 is 2.52 bits per heavy atom. The van der Waals surface area contributed by atoms with Crippen LogP contribution in [-0.2, 0) is 4.74 Å². The van der Waals surface area contributed by atoms with Crippen LogP contribution < -0.4 is 0 Å². The summed E-state index contributed by atoms with van der Waals surface area (Å²) in [4.78, 5) is 15.2. The first-order valence-corrected chi connectivity index (χ1v) is 11.2. The summed E-state index contributed by atoms with van der Waals surface area (Å²) >= 11 is 6.04. The van der Waals surface area contributed by atoms with Crippen molar-refractivity contribution >= 4 is 40.7 Å². The van der Waals surface area contributed by atoms with Gasteiger partial charge in [-0.25, -0.2) is 4.79 Å². The Kier molecular flexibility index (Phi) is 8.77. The summed E-state index contributed by atoms with van der Waals surface area (Å²) in [6, 6.07) is 21.8. The van der Waals surface area contributed by atoms with Crippen molar-refractivity contribution in [3.05, 3.63) is 82.9 Å². The molecule has 1 aliphatic heterocycles. The maximum atomic E-state index is 12.6. The second kappa shape index (κ2) is 11.5. The summed E-state index contributed by atoms with van der Waals surface area (Å²) in [5.74, 6) is -0.165. The number of piperidine rings is 1. The van der Waals surface area contributed by atoms with Gasteiger partial charge in [-0.1, -0.05) is 66.6 Å². The Hall–Kier alpha value is -2.07. The largest absolute Gasteiger partial charge is 0.461 e. The molecule has 0 radical (unpaired) electrons. The zero-order chi connectivity index (χ0) is 20.8. The molecule has 1 saturated heterocycles. The minimum absolute atomic E-state index is 0. The van der Waals surface area contributed by atoms with E-state index < -0.39 is 0 Å². The molecule has 1 heterocycles. The van der Waals surface area contributed by atoms with Crippen LogP contribution in [0.4, 0.5) is 0 Å². The SMILES string of the molecule is Cl.O=C(OCC(CCN1CCCCC1)c1cccc2ccccc12)c1cccc(Cl)c1. The topological polar surface area (TPSA) is 29.5 Å². The van der Waals surface area contributed by atoms with Gasteiger partial charge in [-0.3, -0.25) is 0 Å². The van der Waals surface area contributed by atoms with Crippen molar-refractivity contribution in [2.24, 2.45) is 0 Å². The fourth-order valence-corrected chi connectivity index (χ4v) is 4.52. The van der Waals surface area contributed by atoms with Gasteiger partial charge in [-0.2, -0.15) is 0 Å². The average Bonchev–Trinajstić information content (AvgIpc) is 2.79. The number of likely N-dealkylation sites (tertiary alicyclic amines) is 1. The summed E-state index contributed by atoms with van der Waals surface area (Å²) in [6.07, 6.45) is 4.86. The molecule has 0 aliphatic carbocycles. The zero-order valence-electron chi connectivity index (χ0n) is 17.6. The molecular weight excluding hydrogens is 429 g/mol. The van der Waals surface area contributed by atoms with Crippen LogP contribution in [0.3, 0.4) is 0 Å². The number of carbonyl (C=O) groups excluding carboxylic acids is 1. The lowest BCUT2D eigenvalue weighted by Gasteiger charge is -2.28. The Bertz CT molecular complexity index is 996. The van der Waals surface area contributed by atoms with Gasteiger partial charge in [0.2, 0.25) is 0 Å². The molecule has 0 saturated carbocycles. The highest BCUT2D eigenvalue weighted by atomic mass is 35.5. The number of benzene rings is 3. The monoisotopic (exact) mass is 457 g/mol.